The van der Waals surface area contributed by atoms with Gasteiger partial charge in [-0.25, -0.2) is 0 Å². The molecule has 0 saturated heterocycles. The van der Waals surface area contributed by atoms with E-state index in [4.69, 9.17) is 0 Å². The van der Waals surface area contributed by atoms with E-state index in [0.29, 0.717) is 0 Å². The Kier molecular flexibility index (Phi) is 2.36. The van der Waals surface area contributed by atoms with Crippen molar-refractivity contribution in [1.82, 2.24) is 0 Å². The number of hydrogen-bond donors (Lipinski definition) is 0. The van der Waals surface area contributed by atoms with Gasteiger partial charge in [-0.2, -0.15) is 0 Å². The molecule has 0 unspecified atom stereocenters. The molecular formula is C14H14. The van der Waals surface area contributed by atoms with Crippen molar-refractivity contribution in [3.63, 3.8) is 0 Å². The zero-order valence-electron chi connectivity index (χ0n) is 8.46. The Bertz CT molecular complexity index is 501. The summed E-state index contributed by atoms with van der Waals surface area (Å²) in [5.41, 5.74) is 2.75. The van der Waals surface area contributed by atoms with Gasteiger partial charge in [-0.15, -0.1) is 0 Å². The van der Waals surface area contributed by atoms with Crippen molar-refractivity contribution in [2.24, 2.45) is 0 Å². The SMILES string of the molecule is C=c1cccc/c1=C1/CC=CC=C1C. The molecule has 1 aliphatic rings. The van der Waals surface area contributed by atoms with E-state index >= 15 is 0 Å². The van der Waals surface area contributed by atoms with E-state index < -0.39 is 0 Å². The van der Waals surface area contributed by atoms with E-state index in [2.05, 4.69) is 49.9 Å². The minimum atomic E-state index is 1.02. The summed E-state index contributed by atoms with van der Waals surface area (Å²) in [5, 5.41) is 2.40. The van der Waals surface area contributed by atoms with E-state index in [9.17, 15) is 0 Å². The van der Waals surface area contributed by atoms with Crippen LogP contribution in [0.3, 0.4) is 0 Å². The molecule has 1 aliphatic carbocycles. The molecule has 14 heavy (non-hydrogen) atoms. The average Bonchev–Trinajstić information content (AvgIpc) is 2.20. The van der Waals surface area contributed by atoms with Crippen molar-refractivity contribution in [3.8, 4) is 0 Å². The van der Waals surface area contributed by atoms with Crippen LogP contribution in [0.1, 0.15) is 13.3 Å². The predicted octanol–water partition coefficient (Wildman–Crippen LogP) is 2.15. The highest BCUT2D eigenvalue weighted by atomic mass is 14.1. The standard InChI is InChI=1S/C14H14/c1-11-7-3-5-9-13(11)14-10-6-4-8-12(14)2/h3-9H,1,10H2,2H3/b14-13+. The van der Waals surface area contributed by atoms with Gasteiger partial charge in [-0.3, -0.25) is 0 Å². The van der Waals surface area contributed by atoms with Gasteiger partial charge in [0.1, 0.15) is 0 Å². The van der Waals surface area contributed by atoms with Gasteiger partial charge in [-0.05, 0) is 34.9 Å². The van der Waals surface area contributed by atoms with Crippen molar-refractivity contribution in [2.45, 2.75) is 13.3 Å². The Labute approximate surface area is 84.6 Å². The third kappa shape index (κ3) is 1.56. The topological polar surface area (TPSA) is 0 Å². The fraction of sp³-hybridized carbons (Fsp3) is 0.143. The molecule has 0 saturated carbocycles. The molecule has 0 amide bonds. The highest BCUT2D eigenvalue weighted by Crippen LogP contribution is 2.17. The molecule has 1 aromatic carbocycles. The third-order valence-corrected chi connectivity index (χ3v) is 2.62. The number of allylic oxidation sites excluding steroid dienone is 4. The van der Waals surface area contributed by atoms with Crippen LogP contribution >= 0.6 is 0 Å². The molecule has 0 spiro atoms. The van der Waals surface area contributed by atoms with Crippen LogP contribution in [0, 0.1) is 0 Å². The van der Waals surface area contributed by atoms with Crippen molar-refractivity contribution < 1.29 is 0 Å². The second kappa shape index (κ2) is 3.67. The lowest BCUT2D eigenvalue weighted by Crippen LogP contribution is -2.25. The molecule has 0 radical (unpaired) electrons. The first-order valence-corrected chi connectivity index (χ1v) is 4.90. The van der Waals surface area contributed by atoms with Gasteiger partial charge in [0.05, 0.1) is 0 Å². The van der Waals surface area contributed by atoms with Gasteiger partial charge in [0, 0.05) is 0 Å². The van der Waals surface area contributed by atoms with Crippen LogP contribution in [-0.4, -0.2) is 0 Å². The van der Waals surface area contributed by atoms with Crippen molar-refractivity contribution in [1.29, 1.82) is 0 Å². The fourth-order valence-electron chi connectivity index (χ4n) is 1.80. The van der Waals surface area contributed by atoms with Crippen LogP contribution in [0.4, 0.5) is 0 Å². The second-order valence-electron chi connectivity index (χ2n) is 3.62. The van der Waals surface area contributed by atoms with Crippen LogP contribution in [0.2, 0.25) is 0 Å². The predicted molar refractivity (Wildman–Crippen MR) is 62.1 cm³/mol. The Morgan fingerprint density at radius 1 is 1.21 bits per heavy atom. The molecule has 0 heteroatoms. The molecule has 0 aromatic heterocycles. The molecule has 0 bridgehead atoms. The Morgan fingerprint density at radius 3 is 2.71 bits per heavy atom. The first kappa shape index (κ1) is 9.01. The third-order valence-electron chi connectivity index (χ3n) is 2.62. The lowest BCUT2D eigenvalue weighted by molar-refractivity contribution is 1.28. The number of hydrogen-bond acceptors (Lipinski definition) is 0. The van der Waals surface area contributed by atoms with Gasteiger partial charge in [0.25, 0.3) is 0 Å². The van der Waals surface area contributed by atoms with Crippen LogP contribution in [0.25, 0.3) is 12.2 Å². The molecule has 0 N–H and O–H groups in total. The summed E-state index contributed by atoms with van der Waals surface area (Å²) < 4.78 is 0. The summed E-state index contributed by atoms with van der Waals surface area (Å²) in [6.07, 6.45) is 7.49. The maximum Gasteiger partial charge on any atom is -0.00855 e. The smallest absolute Gasteiger partial charge is 0.00855 e. The zero-order chi connectivity index (χ0) is 9.97. The minimum absolute atomic E-state index is 1.02. The van der Waals surface area contributed by atoms with Crippen LogP contribution in [-0.2, 0) is 0 Å². The Hall–Kier alpha value is -1.56. The molecule has 0 nitrogen and oxygen atoms in total. The van der Waals surface area contributed by atoms with Crippen LogP contribution < -0.4 is 10.4 Å². The quantitative estimate of drug-likeness (QED) is 0.576. The summed E-state index contributed by atoms with van der Waals surface area (Å²) in [5.74, 6) is 0. The molecule has 0 aliphatic heterocycles. The highest BCUT2D eigenvalue weighted by molar-refractivity contribution is 5.67. The maximum atomic E-state index is 4.06. The Morgan fingerprint density at radius 2 is 2.00 bits per heavy atom. The number of benzene rings is 1. The lowest BCUT2D eigenvalue weighted by Gasteiger charge is -2.09. The number of rotatable bonds is 0. The molecule has 0 fully saturated rings. The van der Waals surface area contributed by atoms with Crippen molar-refractivity contribution >= 4 is 12.2 Å². The fourth-order valence-corrected chi connectivity index (χ4v) is 1.80. The summed E-state index contributed by atoms with van der Waals surface area (Å²) in [7, 11) is 0. The summed E-state index contributed by atoms with van der Waals surface area (Å²) in [6, 6.07) is 8.31. The molecule has 1 aromatic rings. The van der Waals surface area contributed by atoms with Crippen LogP contribution in [0.15, 0.2) is 48.1 Å². The normalized spacial score (nSPS) is 19.4. The van der Waals surface area contributed by atoms with Gasteiger partial charge in [0.15, 0.2) is 0 Å². The minimum Gasteiger partial charge on any atom is -0.0911 e. The van der Waals surface area contributed by atoms with E-state index in [1.54, 1.807) is 0 Å². The lowest BCUT2D eigenvalue weighted by atomic mass is 9.96. The van der Waals surface area contributed by atoms with E-state index in [-0.39, 0.29) is 0 Å². The van der Waals surface area contributed by atoms with Crippen LogP contribution in [0.5, 0.6) is 0 Å². The van der Waals surface area contributed by atoms with E-state index in [0.717, 1.165) is 11.6 Å². The summed E-state index contributed by atoms with van der Waals surface area (Å²) >= 11 is 0. The largest absolute Gasteiger partial charge is 0.0911 e. The maximum absolute atomic E-state index is 4.06. The van der Waals surface area contributed by atoms with Gasteiger partial charge in [0.2, 0.25) is 0 Å². The molecule has 70 valence electrons. The van der Waals surface area contributed by atoms with Gasteiger partial charge in [-0.1, -0.05) is 49.1 Å². The average molecular weight is 182 g/mol. The summed E-state index contributed by atoms with van der Waals surface area (Å²) in [4.78, 5) is 0. The second-order valence-corrected chi connectivity index (χ2v) is 3.62. The van der Waals surface area contributed by atoms with Crippen molar-refractivity contribution in [2.75, 3.05) is 0 Å². The highest BCUT2D eigenvalue weighted by Gasteiger charge is 2.02. The molecule has 0 heterocycles. The van der Waals surface area contributed by atoms with E-state index in [1.807, 2.05) is 6.07 Å². The van der Waals surface area contributed by atoms with E-state index in [1.165, 1.54) is 16.4 Å². The summed E-state index contributed by atoms with van der Waals surface area (Å²) in [6.45, 7) is 6.22. The molecule has 0 atom stereocenters. The van der Waals surface area contributed by atoms with Crippen molar-refractivity contribution in [3.05, 3.63) is 58.5 Å². The molecular weight excluding hydrogens is 168 g/mol. The van der Waals surface area contributed by atoms with Gasteiger partial charge < -0.3 is 0 Å². The molecule has 2 rings (SSSR count). The Balaban J connectivity index is 2.73. The monoisotopic (exact) mass is 182 g/mol. The first-order valence-electron chi connectivity index (χ1n) is 4.90. The zero-order valence-corrected chi connectivity index (χ0v) is 8.46. The first-order chi connectivity index (χ1) is 6.79. The van der Waals surface area contributed by atoms with Gasteiger partial charge >= 0.3 is 0 Å².